The van der Waals surface area contributed by atoms with Crippen LogP contribution in [0.15, 0.2) is 35.6 Å². The Labute approximate surface area is 154 Å². The monoisotopic (exact) mass is 357 g/mol. The topological polar surface area (TPSA) is 96.2 Å². The molecule has 0 bridgehead atoms. The summed E-state index contributed by atoms with van der Waals surface area (Å²) in [6, 6.07) is 7.69. The van der Waals surface area contributed by atoms with E-state index in [0.29, 0.717) is 6.54 Å². The zero-order chi connectivity index (χ0) is 18.8. The van der Waals surface area contributed by atoms with E-state index in [2.05, 4.69) is 38.1 Å². The number of aliphatic imine (C=N–C) groups is 1. The SMILES string of the molecule is CCNC(=NCc1cccc(NC(C)=O)c1)NCCn1cnnc1CC. The van der Waals surface area contributed by atoms with E-state index in [1.165, 1.54) is 6.92 Å². The smallest absolute Gasteiger partial charge is 0.221 e. The van der Waals surface area contributed by atoms with Gasteiger partial charge in [0.1, 0.15) is 12.2 Å². The molecule has 8 nitrogen and oxygen atoms in total. The van der Waals surface area contributed by atoms with Gasteiger partial charge in [-0.1, -0.05) is 19.1 Å². The maximum atomic E-state index is 11.2. The molecule has 0 radical (unpaired) electrons. The summed E-state index contributed by atoms with van der Waals surface area (Å²) < 4.78 is 2.04. The number of guanidine groups is 1. The Kier molecular flexibility index (Phi) is 7.60. The van der Waals surface area contributed by atoms with Gasteiger partial charge in [-0.25, -0.2) is 4.99 Å². The van der Waals surface area contributed by atoms with Crippen LogP contribution < -0.4 is 16.0 Å². The third kappa shape index (κ3) is 6.19. The van der Waals surface area contributed by atoms with Crippen molar-refractivity contribution in [3.63, 3.8) is 0 Å². The maximum absolute atomic E-state index is 11.2. The minimum Gasteiger partial charge on any atom is -0.357 e. The summed E-state index contributed by atoms with van der Waals surface area (Å²) >= 11 is 0. The molecule has 0 fully saturated rings. The number of rotatable bonds is 8. The fraction of sp³-hybridized carbons (Fsp3) is 0.444. The highest BCUT2D eigenvalue weighted by Gasteiger charge is 2.03. The number of hydrogen-bond acceptors (Lipinski definition) is 4. The fourth-order valence-corrected chi connectivity index (χ4v) is 2.50. The molecule has 0 atom stereocenters. The lowest BCUT2D eigenvalue weighted by atomic mass is 10.2. The molecule has 1 aromatic carbocycles. The predicted molar refractivity (Wildman–Crippen MR) is 103 cm³/mol. The largest absolute Gasteiger partial charge is 0.357 e. The molecule has 2 rings (SSSR count). The Balaban J connectivity index is 1.92. The Bertz CT molecular complexity index is 739. The van der Waals surface area contributed by atoms with Crippen molar-refractivity contribution in [2.45, 2.75) is 40.3 Å². The Hall–Kier alpha value is -2.90. The second-order valence-electron chi connectivity index (χ2n) is 5.80. The standard InChI is InChI=1S/C18H27N7O/c1-4-17-24-22-13-25(17)10-9-20-18(19-5-2)21-12-15-7-6-8-16(11-15)23-14(3)26/h6-8,11,13H,4-5,9-10,12H2,1-3H3,(H,23,26)(H2,19,20,21). The molecular weight excluding hydrogens is 330 g/mol. The first-order valence-corrected chi connectivity index (χ1v) is 8.87. The summed E-state index contributed by atoms with van der Waals surface area (Å²) in [6.07, 6.45) is 2.61. The van der Waals surface area contributed by atoms with Crippen molar-refractivity contribution in [2.75, 3.05) is 18.4 Å². The molecule has 3 N–H and O–H groups in total. The Morgan fingerprint density at radius 2 is 2.12 bits per heavy atom. The van der Waals surface area contributed by atoms with E-state index in [0.717, 1.165) is 49.1 Å². The molecule has 1 heterocycles. The third-order valence-corrected chi connectivity index (χ3v) is 3.67. The van der Waals surface area contributed by atoms with Crippen LogP contribution in [-0.2, 0) is 24.3 Å². The Morgan fingerprint density at radius 3 is 2.85 bits per heavy atom. The quantitative estimate of drug-likeness (QED) is 0.492. The molecule has 0 aliphatic carbocycles. The van der Waals surface area contributed by atoms with Gasteiger partial charge in [-0.3, -0.25) is 4.79 Å². The lowest BCUT2D eigenvalue weighted by Crippen LogP contribution is -2.38. The number of nitrogens with zero attached hydrogens (tertiary/aromatic N) is 4. The third-order valence-electron chi connectivity index (χ3n) is 3.67. The van der Waals surface area contributed by atoms with Crippen LogP contribution in [-0.4, -0.2) is 39.7 Å². The van der Waals surface area contributed by atoms with Crippen LogP contribution in [0.4, 0.5) is 5.69 Å². The average molecular weight is 357 g/mol. The summed E-state index contributed by atoms with van der Waals surface area (Å²) in [5.74, 6) is 1.65. The van der Waals surface area contributed by atoms with Crippen molar-refractivity contribution >= 4 is 17.6 Å². The zero-order valence-corrected chi connectivity index (χ0v) is 15.6. The van der Waals surface area contributed by atoms with Crippen LogP contribution >= 0.6 is 0 Å². The molecule has 8 heteroatoms. The number of aryl methyl sites for hydroxylation is 1. The molecule has 2 aromatic rings. The van der Waals surface area contributed by atoms with Crippen molar-refractivity contribution in [1.29, 1.82) is 0 Å². The molecule has 140 valence electrons. The fourth-order valence-electron chi connectivity index (χ4n) is 2.50. The van der Waals surface area contributed by atoms with Crippen LogP contribution in [0.2, 0.25) is 0 Å². The van der Waals surface area contributed by atoms with Gasteiger partial charge in [0.2, 0.25) is 5.91 Å². The highest BCUT2D eigenvalue weighted by Crippen LogP contribution is 2.11. The zero-order valence-electron chi connectivity index (χ0n) is 15.6. The van der Waals surface area contributed by atoms with E-state index in [4.69, 9.17) is 0 Å². The minimum absolute atomic E-state index is 0.0823. The van der Waals surface area contributed by atoms with Crippen molar-refractivity contribution in [3.8, 4) is 0 Å². The molecule has 26 heavy (non-hydrogen) atoms. The van der Waals surface area contributed by atoms with E-state index >= 15 is 0 Å². The van der Waals surface area contributed by atoms with Crippen LogP contribution in [0, 0.1) is 0 Å². The van der Waals surface area contributed by atoms with Crippen molar-refractivity contribution < 1.29 is 4.79 Å². The number of carbonyl (C=O) groups excluding carboxylic acids is 1. The summed E-state index contributed by atoms with van der Waals surface area (Å²) in [6.45, 7) is 8.40. The average Bonchev–Trinajstić information content (AvgIpc) is 3.07. The molecule has 0 aliphatic rings. The first-order valence-electron chi connectivity index (χ1n) is 8.87. The number of carbonyl (C=O) groups is 1. The Morgan fingerprint density at radius 1 is 1.27 bits per heavy atom. The second-order valence-corrected chi connectivity index (χ2v) is 5.80. The van der Waals surface area contributed by atoms with Gasteiger partial charge >= 0.3 is 0 Å². The molecule has 1 amide bonds. The minimum atomic E-state index is -0.0823. The number of hydrogen-bond donors (Lipinski definition) is 3. The van der Waals surface area contributed by atoms with Crippen LogP contribution in [0.1, 0.15) is 32.2 Å². The van der Waals surface area contributed by atoms with Gasteiger partial charge in [0.25, 0.3) is 0 Å². The number of aromatic nitrogens is 3. The highest BCUT2D eigenvalue weighted by molar-refractivity contribution is 5.88. The van der Waals surface area contributed by atoms with E-state index in [1.807, 2.05) is 35.8 Å². The number of benzene rings is 1. The lowest BCUT2D eigenvalue weighted by molar-refractivity contribution is -0.114. The van der Waals surface area contributed by atoms with Gasteiger partial charge in [0, 0.05) is 38.7 Å². The first-order chi connectivity index (χ1) is 12.6. The van der Waals surface area contributed by atoms with Gasteiger partial charge in [0.15, 0.2) is 5.96 Å². The van der Waals surface area contributed by atoms with Gasteiger partial charge in [-0.15, -0.1) is 10.2 Å². The first kappa shape index (κ1) is 19.4. The molecule has 0 unspecified atom stereocenters. The number of amides is 1. The van der Waals surface area contributed by atoms with E-state index < -0.39 is 0 Å². The summed E-state index contributed by atoms with van der Waals surface area (Å²) in [5, 5.41) is 17.4. The molecular formula is C18H27N7O. The van der Waals surface area contributed by atoms with Gasteiger partial charge < -0.3 is 20.5 Å². The molecule has 1 aromatic heterocycles. The van der Waals surface area contributed by atoms with Crippen LogP contribution in [0.3, 0.4) is 0 Å². The molecule has 0 spiro atoms. The van der Waals surface area contributed by atoms with Gasteiger partial charge in [-0.05, 0) is 24.6 Å². The molecule has 0 aliphatic heterocycles. The number of nitrogens with one attached hydrogen (secondary N) is 3. The van der Waals surface area contributed by atoms with Crippen molar-refractivity contribution in [2.24, 2.45) is 4.99 Å². The van der Waals surface area contributed by atoms with Crippen LogP contribution in [0.5, 0.6) is 0 Å². The summed E-state index contributed by atoms with van der Waals surface area (Å²) in [5.41, 5.74) is 1.81. The normalized spacial score (nSPS) is 11.3. The van der Waals surface area contributed by atoms with Crippen molar-refractivity contribution in [1.82, 2.24) is 25.4 Å². The van der Waals surface area contributed by atoms with Gasteiger partial charge in [-0.2, -0.15) is 0 Å². The van der Waals surface area contributed by atoms with E-state index in [1.54, 1.807) is 6.33 Å². The molecule has 0 saturated carbocycles. The van der Waals surface area contributed by atoms with Crippen molar-refractivity contribution in [3.05, 3.63) is 42.0 Å². The van der Waals surface area contributed by atoms with E-state index in [-0.39, 0.29) is 5.91 Å². The molecule has 0 saturated heterocycles. The summed E-state index contributed by atoms with van der Waals surface area (Å²) in [4.78, 5) is 15.8. The van der Waals surface area contributed by atoms with Crippen LogP contribution in [0.25, 0.3) is 0 Å². The summed E-state index contributed by atoms with van der Waals surface area (Å²) in [7, 11) is 0. The van der Waals surface area contributed by atoms with E-state index in [9.17, 15) is 4.79 Å². The maximum Gasteiger partial charge on any atom is 0.221 e. The predicted octanol–water partition coefficient (Wildman–Crippen LogP) is 1.55. The lowest BCUT2D eigenvalue weighted by Gasteiger charge is -2.12. The van der Waals surface area contributed by atoms with Gasteiger partial charge in [0.05, 0.1) is 6.54 Å². The number of anilines is 1. The second kappa shape index (κ2) is 10.2. The highest BCUT2D eigenvalue weighted by atomic mass is 16.1.